The maximum Gasteiger partial charge on any atom is 0.135 e. The molecule has 0 radical (unpaired) electrons. The molecule has 2 heterocycles. The van der Waals surface area contributed by atoms with Gasteiger partial charge in [-0.1, -0.05) is 30.3 Å². The van der Waals surface area contributed by atoms with E-state index in [0.717, 1.165) is 11.5 Å². The first-order valence-electron chi connectivity index (χ1n) is 9.86. The molecule has 0 aromatic carbocycles. The Kier molecular flexibility index (Phi) is 4.32. The lowest BCUT2D eigenvalue weighted by Gasteiger charge is -2.37. The Morgan fingerprint density at radius 1 is 0.926 bits per heavy atom. The topological polar surface area (TPSA) is 13.1 Å². The summed E-state index contributed by atoms with van der Waals surface area (Å²) in [6.07, 6.45) is 2.57. The Morgan fingerprint density at radius 3 is 2.11 bits per heavy atom. The largest absolute Gasteiger partial charge is 0.461 e. The van der Waals surface area contributed by atoms with Gasteiger partial charge in [0.25, 0.3) is 0 Å². The molecule has 0 bridgehead atoms. The van der Waals surface area contributed by atoms with Crippen molar-refractivity contribution in [2.24, 2.45) is 0 Å². The van der Waals surface area contributed by atoms with Crippen LogP contribution in [0, 0.1) is 6.92 Å². The van der Waals surface area contributed by atoms with Crippen LogP contribution in [0.15, 0.2) is 50.3 Å². The predicted octanol–water partition coefficient (Wildman–Crippen LogP) is 8.12. The fraction of sp³-hybridized carbons (Fsp3) is 0.417. The molecule has 0 fully saturated rings. The van der Waals surface area contributed by atoms with E-state index in [1.54, 1.807) is 16.0 Å². The zero-order chi connectivity index (χ0) is 19.7. The van der Waals surface area contributed by atoms with E-state index in [2.05, 4.69) is 71.3 Å². The molecule has 142 valence electrons. The minimum Gasteiger partial charge on any atom is -0.461 e. The SMILES string of the molecule is CC1=CC([Si](C)(C)C2C(C)=C(C)C(C)=C2C)c2scc(-c3ccc(C)o3)c21. The van der Waals surface area contributed by atoms with Gasteiger partial charge in [0.05, 0.1) is 8.07 Å². The van der Waals surface area contributed by atoms with Gasteiger partial charge in [-0.15, -0.1) is 11.3 Å². The van der Waals surface area contributed by atoms with E-state index < -0.39 is 8.07 Å². The van der Waals surface area contributed by atoms with Crippen molar-refractivity contribution in [2.75, 3.05) is 0 Å². The number of aryl methyl sites for hydroxylation is 1. The number of hydrogen-bond acceptors (Lipinski definition) is 2. The minimum atomic E-state index is -1.63. The van der Waals surface area contributed by atoms with Crippen molar-refractivity contribution in [3.05, 3.63) is 62.1 Å². The van der Waals surface area contributed by atoms with Gasteiger partial charge < -0.3 is 4.42 Å². The second-order valence-electron chi connectivity index (χ2n) is 9.00. The van der Waals surface area contributed by atoms with Crippen LogP contribution in [0.1, 0.15) is 56.4 Å². The van der Waals surface area contributed by atoms with Crippen LogP contribution in [-0.4, -0.2) is 8.07 Å². The maximum absolute atomic E-state index is 5.96. The molecular formula is C24H30OSSi. The van der Waals surface area contributed by atoms with Crippen LogP contribution in [0.25, 0.3) is 16.9 Å². The van der Waals surface area contributed by atoms with Crippen molar-refractivity contribution in [3.63, 3.8) is 0 Å². The number of furan rings is 1. The van der Waals surface area contributed by atoms with Crippen LogP contribution in [-0.2, 0) is 0 Å². The summed E-state index contributed by atoms with van der Waals surface area (Å²) in [5.74, 6) is 1.99. The molecule has 0 N–H and O–H groups in total. The van der Waals surface area contributed by atoms with Crippen LogP contribution in [0.4, 0.5) is 0 Å². The maximum atomic E-state index is 5.96. The van der Waals surface area contributed by atoms with E-state index in [1.165, 1.54) is 27.8 Å². The van der Waals surface area contributed by atoms with E-state index in [0.29, 0.717) is 11.1 Å². The highest BCUT2D eigenvalue weighted by atomic mass is 32.1. The molecule has 1 unspecified atom stereocenters. The van der Waals surface area contributed by atoms with Gasteiger partial charge in [-0.3, -0.25) is 0 Å². The van der Waals surface area contributed by atoms with Crippen LogP contribution < -0.4 is 0 Å². The molecule has 1 nitrogen and oxygen atoms in total. The van der Waals surface area contributed by atoms with E-state index in [4.69, 9.17) is 4.42 Å². The quantitative estimate of drug-likeness (QED) is 0.479. The lowest BCUT2D eigenvalue weighted by atomic mass is 10.1. The third-order valence-electron chi connectivity index (χ3n) is 7.08. The van der Waals surface area contributed by atoms with Gasteiger partial charge in [0, 0.05) is 26.9 Å². The molecule has 2 aliphatic rings. The monoisotopic (exact) mass is 394 g/mol. The average Bonchev–Trinajstić information content (AvgIpc) is 3.33. The average molecular weight is 395 g/mol. The summed E-state index contributed by atoms with van der Waals surface area (Å²) in [7, 11) is -1.63. The molecule has 0 aliphatic heterocycles. The smallest absolute Gasteiger partial charge is 0.135 e. The Hall–Kier alpha value is -1.58. The summed E-state index contributed by atoms with van der Waals surface area (Å²) < 4.78 is 5.96. The summed E-state index contributed by atoms with van der Waals surface area (Å²) in [5.41, 5.74) is 11.6. The van der Waals surface area contributed by atoms with Crippen LogP contribution in [0.5, 0.6) is 0 Å². The molecule has 3 heteroatoms. The highest BCUT2D eigenvalue weighted by Crippen LogP contribution is 2.56. The first-order chi connectivity index (χ1) is 12.6. The van der Waals surface area contributed by atoms with Crippen molar-refractivity contribution in [1.82, 2.24) is 0 Å². The van der Waals surface area contributed by atoms with Crippen LogP contribution in [0.3, 0.4) is 0 Å². The zero-order valence-corrected chi connectivity index (χ0v) is 19.6. The summed E-state index contributed by atoms with van der Waals surface area (Å²) >= 11 is 1.93. The molecule has 2 aromatic rings. The Balaban J connectivity index is 1.80. The van der Waals surface area contributed by atoms with Crippen molar-refractivity contribution < 1.29 is 4.42 Å². The summed E-state index contributed by atoms with van der Waals surface area (Å²) in [4.78, 5) is 1.57. The van der Waals surface area contributed by atoms with Crippen molar-refractivity contribution in [1.29, 1.82) is 0 Å². The lowest BCUT2D eigenvalue weighted by Crippen LogP contribution is -2.39. The number of thiophene rings is 1. The fourth-order valence-electron chi connectivity index (χ4n) is 5.38. The fourth-order valence-corrected chi connectivity index (χ4v) is 12.1. The van der Waals surface area contributed by atoms with E-state index in [1.807, 2.05) is 18.3 Å². The number of allylic oxidation sites excluding steroid dienone is 6. The van der Waals surface area contributed by atoms with Gasteiger partial charge in [-0.2, -0.15) is 0 Å². The predicted molar refractivity (Wildman–Crippen MR) is 121 cm³/mol. The van der Waals surface area contributed by atoms with E-state index in [9.17, 15) is 0 Å². The highest BCUT2D eigenvalue weighted by molar-refractivity contribution is 7.11. The Morgan fingerprint density at radius 2 is 1.56 bits per heavy atom. The first kappa shape index (κ1) is 18.8. The summed E-state index contributed by atoms with van der Waals surface area (Å²) in [6, 6.07) is 4.18. The molecule has 0 amide bonds. The van der Waals surface area contributed by atoms with E-state index >= 15 is 0 Å². The second kappa shape index (κ2) is 6.21. The molecule has 27 heavy (non-hydrogen) atoms. The van der Waals surface area contributed by atoms with Crippen molar-refractivity contribution >= 4 is 25.0 Å². The van der Waals surface area contributed by atoms with Gasteiger partial charge >= 0.3 is 0 Å². The Labute approximate surface area is 168 Å². The van der Waals surface area contributed by atoms with Crippen molar-refractivity contribution in [3.8, 4) is 11.3 Å². The van der Waals surface area contributed by atoms with Gasteiger partial charge in [-0.25, -0.2) is 0 Å². The first-order valence-corrected chi connectivity index (χ1v) is 13.9. The molecule has 0 spiro atoms. The Bertz CT molecular complexity index is 1000. The molecule has 1 atom stereocenters. The summed E-state index contributed by atoms with van der Waals surface area (Å²) in [6.45, 7) is 18.8. The molecule has 2 aromatic heterocycles. The van der Waals surface area contributed by atoms with Gasteiger partial charge in [-0.05, 0) is 75.9 Å². The van der Waals surface area contributed by atoms with E-state index in [-0.39, 0.29) is 0 Å². The van der Waals surface area contributed by atoms with Gasteiger partial charge in [0.2, 0.25) is 0 Å². The minimum absolute atomic E-state index is 0.580. The number of hydrogen-bond donors (Lipinski definition) is 0. The van der Waals surface area contributed by atoms with Gasteiger partial charge in [0.1, 0.15) is 11.5 Å². The summed E-state index contributed by atoms with van der Waals surface area (Å²) in [5, 5.41) is 2.31. The van der Waals surface area contributed by atoms with Gasteiger partial charge in [0.15, 0.2) is 0 Å². The standard InChI is InChI=1S/C24H30OSSi/c1-13-11-21(27(7,8)24-17(5)15(3)16(4)18(24)6)23-22(13)19(12-26-23)20-10-9-14(2)25-20/h9-12,21,24H,1-8H3. The normalized spacial score (nSPS) is 20.7. The molecule has 0 saturated heterocycles. The molecular weight excluding hydrogens is 364 g/mol. The molecule has 2 aliphatic carbocycles. The third-order valence-corrected chi connectivity index (χ3v) is 12.8. The van der Waals surface area contributed by atoms with Crippen LogP contribution >= 0.6 is 11.3 Å². The van der Waals surface area contributed by atoms with Crippen molar-refractivity contribution in [2.45, 2.75) is 65.7 Å². The second-order valence-corrected chi connectivity index (χ2v) is 14.8. The molecule has 4 rings (SSSR count). The number of rotatable bonds is 3. The molecule has 0 saturated carbocycles. The third kappa shape index (κ3) is 2.62. The van der Waals surface area contributed by atoms with Crippen LogP contribution in [0.2, 0.25) is 18.6 Å². The number of fused-ring (bicyclic) bond motifs is 1. The zero-order valence-electron chi connectivity index (χ0n) is 17.8. The lowest BCUT2D eigenvalue weighted by molar-refractivity contribution is 0.548. The highest BCUT2D eigenvalue weighted by Gasteiger charge is 2.46.